The first kappa shape index (κ1) is 24.0. The molecule has 0 amide bonds. The summed E-state index contributed by atoms with van der Waals surface area (Å²) in [4.78, 5) is 12.8. The van der Waals surface area contributed by atoms with Gasteiger partial charge in [0.2, 0.25) is 5.88 Å². The van der Waals surface area contributed by atoms with Gasteiger partial charge in [-0.2, -0.15) is 13.2 Å². The van der Waals surface area contributed by atoms with Crippen LogP contribution in [0.15, 0.2) is 53.7 Å². The van der Waals surface area contributed by atoms with Gasteiger partial charge in [0.25, 0.3) is 0 Å². The first-order valence-electron chi connectivity index (χ1n) is 9.35. The van der Waals surface area contributed by atoms with Crippen molar-refractivity contribution in [3.8, 4) is 5.88 Å². The second kappa shape index (κ2) is 11.2. The van der Waals surface area contributed by atoms with Crippen LogP contribution in [0.2, 0.25) is 0 Å². The van der Waals surface area contributed by atoms with Gasteiger partial charge in [-0.1, -0.05) is 24.3 Å². The zero-order chi connectivity index (χ0) is 20.7. The number of guanidine groups is 1. The van der Waals surface area contributed by atoms with Crippen molar-refractivity contribution >= 4 is 35.6 Å². The largest absolute Gasteiger partial charge is 0.468 e. The minimum Gasteiger partial charge on any atom is -0.468 e. The molecule has 1 fully saturated rings. The summed E-state index contributed by atoms with van der Waals surface area (Å²) in [6, 6.07) is 13.4. The fourth-order valence-electron chi connectivity index (χ4n) is 3.09. The summed E-state index contributed by atoms with van der Waals surface area (Å²) in [5, 5.41) is 3.28. The second-order valence-corrected chi connectivity index (χ2v) is 6.62. The molecule has 0 aliphatic carbocycles. The quantitative estimate of drug-likeness (QED) is 0.361. The molecule has 6 nitrogen and oxygen atoms in total. The normalized spacial score (nSPS) is 14.9. The Balaban J connectivity index is 0.00000320. The lowest BCUT2D eigenvalue weighted by Gasteiger charge is -2.37. The van der Waals surface area contributed by atoms with Crippen LogP contribution in [0.25, 0.3) is 0 Å². The number of hydrogen-bond acceptors (Lipinski definition) is 4. The monoisotopic (exact) mass is 535 g/mol. The Kier molecular flexibility index (Phi) is 9.00. The van der Waals surface area contributed by atoms with E-state index >= 15 is 0 Å². The number of anilines is 1. The lowest BCUT2D eigenvalue weighted by atomic mass is 10.2. The third-order valence-corrected chi connectivity index (χ3v) is 4.54. The van der Waals surface area contributed by atoms with E-state index in [2.05, 4.69) is 42.0 Å². The van der Waals surface area contributed by atoms with E-state index in [1.807, 2.05) is 18.2 Å². The molecule has 0 saturated carbocycles. The predicted octanol–water partition coefficient (Wildman–Crippen LogP) is 3.54. The summed E-state index contributed by atoms with van der Waals surface area (Å²) in [5.41, 5.74) is 2.04. The molecule has 2 heterocycles. The van der Waals surface area contributed by atoms with Crippen LogP contribution in [-0.4, -0.2) is 61.9 Å². The topological polar surface area (TPSA) is 53.0 Å². The van der Waals surface area contributed by atoms with Crippen molar-refractivity contribution in [3.63, 3.8) is 0 Å². The maximum absolute atomic E-state index is 12.2. The van der Waals surface area contributed by atoms with Crippen molar-refractivity contribution in [1.29, 1.82) is 0 Å². The molecule has 1 N–H and O–H groups in total. The smallest absolute Gasteiger partial charge is 0.422 e. The van der Waals surface area contributed by atoms with Gasteiger partial charge in [-0.3, -0.25) is 4.99 Å². The van der Waals surface area contributed by atoms with Crippen molar-refractivity contribution in [2.45, 2.75) is 12.7 Å². The van der Waals surface area contributed by atoms with Crippen LogP contribution >= 0.6 is 24.0 Å². The van der Waals surface area contributed by atoms with Crippen LogP contribution in [0.1, 0.15) is 5.56 Å². The molecule has 1 aromatic heterocycles. The van der Waals surface area contributed by atoms with E-state index in [9.17, 15) is 13.2 Å². The average molecular weight is 535 g/mol. The molecule has 1 saturated heterocycles. The number of alkyl halides is 3. The summed E-state index contributed by atoms with van der Waals surface area (Å²) in [5.74, 6) is 0.739. The molecule has 1 aliphatic heterocycles. The highest BCUT2D eigenvalue weighted by Gasteiger charge is 2.28. The standard InChI is InChI=1S/C20H24F3N5O.HI/c1-24-19(28-11-9-27(10-12-28)17-5-3-2-4-6-17)26-14-16-7-8-18(25-13-16)29-15-20(21,22)23;/h2-8,13H,9-12,14-15H2,1H3,(H,24,26);1H. The Morgan fingerprint density at radius 1 is 1.10 bits per heavy atom. The molecule has 1 aliphatic rings. The number of hydrogen-bond donors (Lipinski definition) is 1. The number of halogens is 4. The van der Waals surface area contributed by atoms with Gasteiger partial charge in [-0.15, -0.1) is 24.0 Å². The Hall–Kier alpha value is -2.24. The van der Waals surface area contributed by atoms with Crippen LogP contribution in [0.5, 0.6) is 5.88 Å². The van der Waals surface area contributed by atoms with Crippen LogP contribution < -0.4 is 15.0 Å². The predicted molar refractivity (Wildman–Crippen MR) is 122 cm³/mol. The van der Waals surface area contributed by atoms with Gasteiger partial charge in [0.05, 0.1) is 0 Å². The van der Waals surface area contributed by atoms with E-state index in [0.717, 1.165) is 37.7 Å². The van der Waals surface area contributed by atoms with Crippen LogP contribution in [0.4, 0.5) is 18.9 Å². The highest BCUT2D eigenvalue weighted by Crippen LogP contribution is 2.17. The van der Waals surface area contributed by atoms with E-state index in [0.29, 0.717) is 6.54 Å². The first-order valence-corrected chi connectivity index (χ1v) is 9.35. The maximum Gasteiger partial charge on any atom is 0.422 e. The highest BCUT2D eigenvalue weighted by atomic mass is 127. The summed E-state index contributed by atoms with van der Waals surface area (Å²) in [6.45, 7) is 2.61. The molecular weight excluding hydrogens is 510 g/mol. The van der Waals surface area contributed by atoms with Crippen molar-refractivity contribution < 1.29 is 17.9 Å². The maximum atomic E-state index is 12.2. The van der Waals surface area contributed by atoms with Crippen molar-refractivity contribution in [1.82, 2.24) is 15.2 Å². The van der Waals surface area contributed by atoms with Crippen LogP contribution in [0.3, 0.4) is 0 Å². The molecule has 1 aromatic carbocycles. The third-order valence-electron chi connectivity index (χ3n) is 4.54. The molecule has 10 heteroatoms. The molecule has 0 bridgehead atoms. The van der Waals surface area contributed by atoms with Crippen LogP contribution in [-0.2, 0) is 6.54 Å². The summed E-state index contributed by atoms with van der Waals surface area (Å²) >= 11 is 0. The van der Waals surface area contributed by atoms with Gasteiger partial charge < -0.3 is 19.9 Å². The average Bonchev–Trinajstić information content (AvgIpc) is 2.74. The molecule has 30 heavy (non-hydrogen) atoms. The van der Waals surface area contributed by atoms with Crippen molar-refractivity contribution in [2.75, 3.05) is 44.7 Å². The van der Waals surface area contributed by atoms with E-state index in [1.54, 1.807) is 13.1 Å². The fourth-order valence-corrected chi connectivity index (χ4v) is 3.09. The van der Waals surface area contributed by atoms with E-state index in [4.69, 9.17) is 0 Å². The number of para-hydroxylation sites is 1. The number of ether oxygens (including phenoxy) is 1. The minimum absolute atomic E-state index is 0. The molecular formula is C20H25F3IN5O. The Bertz CT molecular complexity index is 794. The Morgan fingerprint density at radius 2 is 1.80 bits per heavy atom. The first-order chi connectivity index (χ1) is 13.9. The zero-order valence-corrected chi connectivity index (χ0v) is 18.9. The van der Waals surface area contributed by atoms with Gasteiger partial charge in [0, 0.05) is 57.7 Å². The zero-order valence-electron chi connectivity index (χ0n) is 16.6. The van der Waals surface area contributed by atoms with Gasteiger partial charge in [-0.25, -0.2) is 4.98 Å². The third kappa shape index (κ3) is 7.22. The fraction of sp³-hybridized carbons (Fsp3) is 0.400. The number of rotatable bonds is 5. The van der Waals surface area contributed by atoms with Crippen molar-refractivity contribution in [3.05, 3.63) is 54.2 Å². The van der Waals surface area contributed by atoms with E-state index < -0.39 is 12.8 Å². The number of nitrogens with zero attached hydrogens (tertiary/aromatic N) is 4. The van der Waals surface area contributed by atoms with Gasteiger partial charge in [0.15, 0.2) is 12.6 Å². The number of piperazine rings is 1. The molecule has 3 rings (SSSR count). The highest BCUT2D eigenvalue weighted by molar-refractivity contribution is 14.0. The Morgan fingerprint density at radius 3 is 2.37 bits per heavy atom. The second-order valence-electron chi connectivity index (χ2n) is 6.62. The lowest BCUT2D eigenvalue weighted by molar-refractivity contribution is -0.154. The molecule has 0 atom stereocenters. The number of nitrogens with one attached hydrogen (secondary N) is 1. The van der Waals surface area contributed by atoms with Gasteiger partial charge in [0.1, 0.15) is 0 Å². The van der Waals surface area contributed by atoms with Gasteiger partial charge >= 0.3 is 6.18 Å². The summed E-state index contributed by atoms with van der Waals surface area (Å²) < 4.78 is 41.2. The number of pyridine rings is 1. The van der Waals surface area contributed by atoms with Gasteiger partial charge in [-0.05, 0) is 17.7 Å². The molecule has 0 unspecified atom stereocenters. The van der Waals surface area contributed by atoms with Crippen LogP contribution in [0, 0.1) is 0 Å². The van der Waals surface area contributed by atoms with E-state index in [1.165, 1.54) is 18.0 Å². The SMILES string of the molecule is CN=C(NCc1ccc(OCC(F)(F)F)nc1)N1CCN(c2ccccc2)CC1.I. The number of aliphatic imine (C=N–C) groups is 1. The summed E-state index contributed by atoms with van der Waals surface area (Å²) in [7, 11) is 1.73. The minimum atomic E-state index is -4.38. The molecule has 164 valence electrons. The summed E-state index contributed by atoms with van der Waals surface area (Å²) in [6.07, 6.45) is -2.88. The number of aromatic nitrogens is 1. The molecule has 0 radical (unpaired) electrons. The number of benzene rings is 1. The molecule has 0 spiro atoms. The van der Waals surface area contributed by atoms with Crippen molar-refractivity contribution in [2.24, 2.45) is 4.99 Å². The lowest BCUT2D eigenvalue weighted by Crippen LogP contribution is -2.52. The van der Waals surface area contributed by atoms with E-state index in [-0.39, 0.29) is 29.9 Å². The molecule has 2 aromatic rings. The Labute approximate surface area is 191 Å².